The van der Waals surface area contributed by atoms with Gasteiger partial charge < -0.3 is 10.1 Å². The molecule has 1 N–H and O–H groups in total. The summed E-state index contributed by atoms with van der Waals surface area (Å²) in [6.07, 6.45) is 0.930. The highest BCUT2D eigenvalue weighted by Gasteiger charge is 2.12. The lowest BCUT2D eigenvalue weighted by Gasteiger charge is -2.21. The van der Waals surface area contributed by atoms with Gasteiger partial charge in [0.05, 0.1) is 0 Å². The van der Waals surface area contributed by atoms with Crippen LogP contribution in [0, 0.1) is 5.82 Å². The molecule has 96 valence electrons. The van der Waals surface area contributed by atoms with Crippen LogP contribution in [0.15, 0.2) is 18.2 Å². The van der Waals surface area contributed by atoms with Crippen LogP contribution in [0.1, 0.15) is 31.9 Å². The van der Waals surface area contributed by atoms with Gasteiger partial charge in [-0.05, 0) is 38.0 Å². The maximum Gasteiger partial charge on any atom is 0.124 e. The molecular weight excluding hydrogens is 241 g/mol. The van der Waals surface area contributed by atoms with Crippen molar-refractivity contribution < 1.29 is 9.13 Å². The van der Waals surface area contributed by atoms with Gasteiger partial charge in [-0.1, -0.05) is 17.7 Å². The van der Waals surface area contributed by atoms with Crippen LogP contribution >= 0.6 is 11.6 Å². The minimum absolute atomic E-state index is 0.0926. The fourth-order valence-electron chi connectivity index (χ4n) is 1.75. The zero-order valence-electron chi connectivity index (χ0n) is 10.5. The van der Waals surface area contributed by atoms with E-state index >= 15 is 0 Å². The van der Waals surface area contributed by atoms with Crippen molar-refractivity contribution in [1.82, 2.24) is 5.32 Å². The zero-order valence-corrected chi connectivity index (χ0v) is 11.2. The molecule has 17 heavy (non-hydrogen) atoms. The summed E-state index contributed by atoms with van der Waals surface area (Å²) in [7, 11) is 1.69. The molecule has 0 saturated carbocycles. The van der Waals surface area contributed by atoms with Crippen molar-refractivity contribution in [3.05, 3.63) is 34.6 Å². The van der Waals surface area contributed by atoms with Crippen molar-refractivity contribution >= 4 is 11.6 Å². The van der Waals surface area contributed by atoms with E-state index in [1.165, 1.54) is 12.1 Å². The van der Waals surface area contributed by atoms with E-state index in [9.17, 15) is 4.39 Å². The van der Waals surface area contributed by atoms with Crippen molar-refractivity contribution in [2.45, 2.75) is 32.4 Å². The molecule has 2 unspecified atom stereocenters. The first-order chi connectivity index (χ1) is 8.04. The quantitative estimate of drug-likeness (QED) is 0.844. The van der Waals surface area contributed by atoms with Gasteiger partial charge in [-0.25, -0.2) is 4.39 Å². The Hall–Kier alpha value is -0.640. The standard InChI is InChI=1S/C13H19ClFNO/c1-9(6-7-17-3)16-10(2)12-5-4-11(15)8-13(12)14/h4-5,8-10,16H,6-7H2,1-3H3. The van der Waals surface area contributed by atoms with Crippen molar-refractivity contribution in [3.63, 3.8) is 0 Å². The van der Waals surface area contributed by atoms with E-state index in [-0.39, 0.29) is 11.9 Å². The predicted octanol–water partition coefficient (Wildman–Crippen LogP) is 3.55. The van der Waals surface area contributed by atoms with Crippen LogP contribution in [0.4, 0.5) is 4.39 Å². The summed E-state index contributed by atoms with van der Waals surface area (Å²) in [6.45, 7) is 4.83. The van der Waals surface area contributed by atoms with Gasteiger partial charge in [-0.3, -0.25) is 0 Å². The van der Waals surface area contributed by atoms with Crippen molar-refractivity contribution in [1.29, 1.82) is 0 Å². The van der Waals surface area contributed by atoms with Crippen LogP contribution in [0.3, 0.4) is 0 Å². The fourth-order valence-corrected chi connectivity index (χ4v) is 2.08. The first-order valence-corrected chi connectivity index (χ1v) is 6.12. The van der Waals surface area contributed by atoms with E-state index in [0.29, 0.717) is 11.1 Å². The summed E-state index contributed by atoms with van der Waals surface area (Å²) in [5.74, 6) is -0.307. The Bertz CT molecular complexity index is 359. The molecule has 4 heteroatoms. The van der Waals surface area contributed by atoms with E-state index in [1.54, 1.807) is 13.2 Å². The molecule has 0 fully saturated rings. The van der Waals surface area contributed by atoms with Crippen molar-refractivity contribution in [2.24, 2.45) is 0 Å². The SMILES string of the molecule is COCCC(C)NC(C)c1ccc(F)cc1Cl. The molecule has 2 nitrogen and oxygen atoms in total. The number of rotatable bonds is 6. The Labute approximate surface area is 107 Å². The molecule has 1 aromatic carbocycles. The number of hydrogen-bond donors (Lipinski definition) is 1. The Morgan fingerprint density at radius 2 is 2.12 bits per heavy atom. The summed E-state index contributed by atoms with van der Waals surface area (Å²) >= 11 is 6.01. The summed E-state index contributed by atoms with van der Waals surface area (Å²) in [4.78, 5) is 0. The molecule has 0 saturated heterocycles. The van der Waals surface area contributed by atoms with E-state index in [4.69, 9.17) is 16.3 Å². The summed E-state index contributed by atoms with van der Waals surface area (Å²) in [6, 6.07) is 4.91. The second-order valence-electron chi connectivity index (χ2n) is 4.24. The maximum atomic E-state index is 12.9. The smallest absolute Gasteiger partial charge is 0.124 e. The van der Waals surface area contributed by atoms with Gasteiger partial charge in [0.15, 0.2) is 0 Å². The third-order valence-electron chi connectivity index (χ3n) is 2.72. The van der Waals surface area contributed by atoms with Crippen LogP contribution in [0.25, 0.3) is 0 Å². The molecule has 0 aliphatic carbocycles. The molecule has 2 atom stereocenters. The lowest BCUT2D eigenvalue weighted by molar-refractivity contribution is 0.183. The van der Waals surface area contributed by atoms with Crippen molar-refractivity contribution in [3.8, 4) is 0 Å². The Kier molecular flexibility index (Phi) is 5.89. The highest BCUT2D eigenvalue weighted by molar-refractivity contribution is 6.31. The highest BCUT2D eigenvalue weighted by Crippen LogP contribution is 2.24. The van der Waals surface area contributed by atoms with Gasteiger partial charge in [-0.15, -0.1) is 0 Å². The van der Waals surface area contributed by atoms with Crippen LogP contribution in [-0.2, 0) is 4.74 Å². The van der Waals surface area contributed by atoms with Gasteiger partial charge in [0.25, 0.3) is 0 Å². The van der Waals surface area contributed by atoms with Crippen LogP contribution in [0.2, 0.25) is 5.02 Å². The molecular formula is C13H19ClFNO. The molecule has 0 radical (unpaired) electrons. The zero-order chi connectivity index (χ0) is 12.8. The van der Waals surface area contributed by atoms with Crippen LogP contribution in [-0.4, -0.2) is 19.8 Å². The molecule has 0 heterocycles. The largest absolute Gasteiger partial charge is 0.385 e. The lowest BCUT2D eigenvalue weighted by atomic mass is 10.1. The second-order valence-corrected chi connectivity index (χ2v) is 4.64. The average Bonchev–Trinajstić information content (AvgIpc) is 2.26. The predicted molar refractivity (Wildman–Crippen MR) is 68.9 cm³/mol. The van der Waals surface area contributed by atoms with Gasteiger partial charge in [0.2, 0.25) is 0 Å². The molecule has 0 amide bonds. The Balaban J connectivity index is 2.60. The first kappa shape index (κ1) is 14.4. The fraction of sp³-hybridized carbons (Fsp3) is 0.538. The van der Waals surface area contributed by atoms with Crippen LogP contribution in [0.5, 0.6) is 0 Å². The average molecular weight is 260 g/mol. The third-order valence-corrected chi connectivity index (χ3v) is 3.05. The van der Waals surface area contributed by atoms with Crippen LogP contribution < -0.4 is 5.32 Å². The number of nitrogens with one attached hydrogen (secondary N) is 1. The molecule has 0 spiro atoms. The van der Waals surface area contributed by atoms with Gasteiger partial charge in [-0.2, -0.15) is 0 Å². The maximum absolute atomic E-state index is 12.9. The molecule has 1 rings (SSSR count). The molecule has 0 aromatic heterocycles. The second kappa shape index (κ2) is 6.94. The van der Waals surface area contributed by atoms with Gasteiger partial charge in [0.1, 0.15) is 5.82 Å². The van der Waals surface area contributed by atoms with Gasteiger partial charge in [0, 0.05) is 30.8 Å². The van der Waals surface area contributed by atoms with E-state index in [0.717, 1.165) is 18.6 Å². The van der Waals surface area contributed by atoms with Gasteiger partial charge >= 0.3 is 0 Å². The third kappa shape index (κ3) is 4.62. The van der Waals surface area contributed by atoms with E-state index < -0.39 is 0 Å². The monoisotopic (exact) mass is 259 g/mol. The van der Waals surface area contributed by atoms with E-state index in [1.807, 2.05) is 6.92 Å². The minimum atomic E-state index is -0.307. The number of methoxy groups -OCH3 is 1. The minimum Gasteiger partial charge on any atom is -0.385 e. The molecule has 1 aromatic rings. The Morgan fingerprint density at radius 3 is 2.71 bits per heavy atom. The number of halogens is 2. The molecule has 0 aliphatic rings. The lowest BCUT2D eigenvalue weighted by Crippen LogP contribution is -2.30. The summed E-state index contributed by atoms with van der Waals surface area (Å²) < 4.78 is 17.9. The number of benzene rings is 1. The number of ether oxygens (including phenoxy) is 1. The first-order valence-electron chi connectivity index (χ1n) is 5.74. The Morgan fingerprint density at radius 1 is 1.41 bits per heavy atom. The summed E-state index contributed by atoms with van der Waals surface area (Å²) in [5.41, 5.74) is 0.914. The van der Waals surface area contributed by atoms with Crippen molar-refractivity contribution in [2.75, 3.05) is 13.7 Å². The summed E-state index contributed by atoms with van der Waals surface area (Å²) in [5, 5.41) is 3.87. The normalized spacial score (nSPS) is 14.6. The van der Waals surface area contributed by atoms with E-state index in [2.05, 4.69) is 12.2 Å². The number of hydrogen-bond acceptors (Lipinski definition) is 2. The highest BCUT2D eigenvalue weighted by atomic mass is 35.5. The molecule has 0 aliphatic heterocycles. The topological polar surface area (TPSA) is 21.3 Å². The molecule has 0 bridgehead atoms.